The zero-order valence-electron chi connectivity index (χ0n) is 13.2. The number of hydrogen-bond acceptors (Lipinski definition) is 0. The lowest BCUT2D eigenvalue weighted by molar-refractivity contribution is 0.229. The molecule has 3 aliphatic rings. The Balaban J connectivity index is 1.78. The monoisotopic (exact) mass is 276 g/mol. The minimum atomic E-state index is 0.340. The predicted molar refractivity (Wildman–Crippen MR) is 88.4 cm³/mol. The normalized spacial score (nSPS) is 33.6. The van der Waals surface area contributed by atoms with E-state index in [2.05, 4.69) is 50.4 Å². The minimum absolute atomic E-state index is 0.340. The van der Waals surface area contributed by atoms with Crippen molar-refractivity contribution in [2.24, 2.45) is 11.3 Å². The molecule has 1 aromatic carbocycles. The number of rotatable bonds is 0. The van der Waals surface area contributed by atoms with Crippen LogP contribution < -0.4 is 0 Å². The summed E-state index contributed by atoms with van der Waals surface area (Å²) in [4.78, 5) is 0. The van der Waals surface area contributed by atoms with Crippen LogP contribution in [-0.2, 0) is 6.42 Å². The van der Waals surface area contributed by atoms with Gasteiger partial charge in [0, 0.05) is 11.3 Å². The van der Waals surface area contributed by atoms with Gasteiger partial charge in [0.2, 0.25) is 0 Å². The average molecular weight is 276 g/mol. The van der Waals surface area contributed by atoms with E-state index in [9.17, 15) is 0 Å². The second kappa shape index (κ2) is 4.49. The fraction of sp³-hybridized carbons (Fsp3) is 0.476. The molecule has 2 unspecified atom stereocenters. The predicted octanol–water partition coefficient (Wildman–Crippen LogP) is 5.48. The van der Waals surface area contributed by atoms with Crippen molar-refractivity contribution in [1.29, 1.82) is 0 Å². The molecule has 0 amide bonds. The molecule has 0 aromatic heterocycles. The van der Waals surface area contributed by atoms with Gasteiger partial charge in [-0.15, -0.1) is 5.73 Å². The summed E-state index contributed by atoms with van der Waals surface area (Å²) in [5.41, 5.74) is 11.4. The van der Waals surface area contributed by atoms with Crippen LogP contribution in [0.15, 0.2) is 47.7 Å². The smallest absolute Gasteiger partial charge is 0.00545 e. The fourth-order valence-electron chi connectivity index (χ4n) is 5.21. The van der Waals surface area contributed by atoms with Gasteiger partial charge >= 0.3 is 0 Å². The van der Waals surface area contributed by atoms with Crippen LogP contribution in [-0.4, -0.2) is 0 Å². The molecule has 21 heavy (non-hydrogen) atoms. The standard InChI is InChI=1S/C21H24/c1-4-16-7-10-20-19-9-6-15-13-14(2)5-8-17(15)18(19)11-12-21(16,20)3/h5,8-9,13,18,20H,1,6-7,10-12H2,2-3H3/t18?,20?,21-/m1/s1. The molecular formula is C21H24. The molecule has 0 nitrogen and oxygen atoms in total. The summed E-state index contributed by atoms with van der Waals surface area (Å²) in [6.07, 6.45) is 8.78. The van der Waals surface area contributed by atoms with Gasteiger partial charge in [0.1, 0.15) is 0 Å². The summed E-state index contributed by atoms with van der Waals surface area (Å²) in [6.45, 7) is 8.61. The summed E-state index contributed by atoms with van der Waals surface area (Å²) in [7, 11) is 0. The maximum atomic E-state index is 3.95. The van der Waals surface area contributed by atoms with Crippen LogP contribution in [0.3, 0.4) is 0 Å². The summed E-state index contributed by atoms with van der Waals surface area (Å²) in [5.74, 6) is 1.41. The third-order valence-electron chi connectivity index (χ3n) is 6.34. The van der Waals surface area contributed by atoms with E-state index >= 15 is 0 Å². The zero-order valence-corrected chi connectivity index (χ0v) is 13.2. The molecule has 0 heteroatoms. The number of fused-ring (bicyclic) bond motifs is 5. The van der Waals surface area contributed by atoms with Gasteiger partial charge in [-0.05, 0) is 61.6 Å². The van der Waals surface area contributed by atoms with Crippen LogP contribution in [0.5, 0.6) is 0 Å². The molecule has 2 saturated carbocycles. The molecule has 2 fully saturated rings. The van der Waals surface area contributed by atoms with Gasteiger partial charge < -0.3 is 0 Å². The second-order valence-corrected chi connectivity index (χ2v) is 7.37. The largest absolute Gasteiger partial charge is 0.129 e. The van der Waals surface area contributed by atoms with Gasteiger partial charge in [-0.2, -0.15) is 0 Å². The third-order valence-corrected chi connectivity index (χ3v) is 6.34. The van der Waals surface area contributed by atoms with Crippen molar-refractivity contribution in [3.05, 3.63) is 64.4 Å². The van der Waals surface area contributed by atoms with E-state index in [1.807, 2.05) is 0 Å². The van der Waals surface area contributed by atoms with Crippen LogP contribution in [0.1, 0.15) is 55.2 Å². The van der Waals surface area contributed by atoms with Crippen molar-refractivity contribution < 1.29 is 0 Å². The molecule has 3 aliphatic carbocycles. The Morgan fingerprint density at radius 1 is 1.29 bits per heavy atom. The lowest BCUT2D eigenvalue weighted by Crippen LogP contribution is -2.34. The third kappa shape index (κ3) is 1.75. The highest BCUT2D eigenvalue weighted by Gasteiger charge is 2.49. The summed E-state index contributed by atoms with van der Waals surface area (Å²) < 4.78 is 0. The number of aryl methyl sites for hydroxylation is 1. The van der Waals surface area contributed by atoms with Gasteiger partial charge in [0.25, 0.3) is 0 Å². The lowest BCUT2D eigenvalue weighted by Gasteiger charge is -2.45. The first-order valence-corrected chi connectivity index (χ1v) is 8.32. The number of hydrogen-bond donors (Lipinski definition) is 0. The quantitative estimate of drug-likeness (QED) is 0.434. The molecule has 1 aromatic rings. The van der Waals surface area contributed by atoms with Gasteiger partial charge in [0.05, 0.1) is 0 Å². The van der Waals surface area contributed by atoms with E-state index < -0.39 is 0 Å². The van der Waals surface area contributed by atoms with Crippen molar-refractivity contribution in [3.63, 3.8) is 0 Å². The Morgan fingerprint density at radius 3 is 2.95 bits per heavy atom. The maximum absolute atomic E-state index is 3.95. The highest BCUT2D eigenvalue weighted by Crippen LogP contribution is 2.61. The van der Waals surface area contributed by atoms with E-state index in [1.165, 1.54) is 36.8 Å². The van der Waals surface area contributed by atoms with E-state index in [1.54, 1.807) is 16.7 Å². The molecule has 0 bridgehead atoms. The number of benzene rings is 1. The Morgan fingerprint density at radius 2 is 2.14 bits per heavy atom. The molecule has 0 radical (unpaired) electrons. The molecule has 108 valence electrons. The Labute approximate surface area is 128 Å². The van der Waals surface area contributed by atoms with Crippen LogP contribution in [0.25, 0.3) is 0 Å². The van der Waals surface area contributed by atoms with Crippen LogP contribution >= 0.6 is 0 Å². The van der Waals surface area contributed by atoms with Crippen molar-refractivity contribution in [3.8, 4) is 0 Å². The summed E-state index contributed by atoms with van der Waals surface area (Å²) in [6, 6.07) is 7.07. The lowest BCUT2D eigenvalue weighted by atomic mass is 9.59. The minimum Gasteiger partial charge on any atom is -0.129 e. The van der Waals surface area contributed by atoms with Gasteiger partial charge in [-0.25, -0.2) is 0 Å². The maximum Gasteiger partial charge on any atom is 0.00545 e. The molecule has 0 saturated heterocycles. The summed E-state index contributed by atoms with van der Waals surface area (Å²) in [5, 5.41) is 0. The van der Waals surface area contributed by atoms with Gasteiger partial charge in [-0.1, -0.05) is 48.9 Å². The van der Waals surface area contributed by atoms with Gasteiger partial charge in [-0.3, -0.25) is 0 Å². The van der Waals surface area contributed by atoms with Crippen molar-refractivity contribution >= 4 is 0 Å². The van der Waals surface area contributed by atoms with Crippen molar-refractivity contribution in [1.82, 2.24) is 0 Å². The average Bonchev–Trinajstić information content (AvgIpc) is 2.83. The molecule has 0 heterocycles. The zero-order chi connectivity index (χ0) is 14.6. The SMILES string of the molecule is C=C=C1CCC2C3=CCc4cc(C)ccc4C3CC[C@]12C. The second-order valence-electron chi connectivity index (χ2n) is 7.37. The van der Waals surface area contributed by atoms with Crippen molar-refractivity contribution in [2.75, 3.05) is 0 Å². The number of allylic oxidation sites excluding steroid dienone is 3. The molecular weight excluding hydrogens is 252 g/mol. The fourth-order valence-corrected chi connectivity index (χ4v) is 5.21. The highest BCUT2D eigenvalue weighted by atomic mass is 14.5. The van der Waals surface area contributed by atoms with E-state index in [4.69, 9.17) is 0 Å². The molecule has 0 N–H and O–H groups in total. The van der Waals surface area contributed by atoms with E-state index in [0.29, 0.717) is 11.3 Å². The highest BCUT2D eigenvalue weighted by molar-refractivity contribution is 5.47. The Kier molecular flexibility index (Phi) is 2.81. The first kappa shape index (κ1) is 13.2. The molecule has 0 spiro atoms. The van der Waals surface area contributed by atoms with Crippen molar-refractivity contribution in [2.45, 2.75) is 51.9 Å². The molecule has 0 aliphatic heterocycles. The Bertz CT molecular complexity index is 684. The first-order valence-electron chi connectivity index (χ1n) is 8.32. The first-order chi connectivity index (χ1) is 10.1. The van der Waals surface area contributed by atoms with Gasteiger partial charge in [0.15, 0.2) is 0 Å². The van der Waals surface area contributed by atoms with Crippen LogP contribution in [0.2, 0.25) is 0 Å². The van der Waals surface area contributed by atoms with Crippen LogP contribution in [0, 0.1) is 18.3 Å². The summed E-state index contributed by atoms with van der Waals surface area (Å²) >= 11 is 0. The topological polar surface area (TPSA) is 0 Å². The Hall–Kier alpha value is -1.52. The molecule has 3 atom stereocenters. The van der Waals surface area contributed by atoms with E-state index in [0.717, 1.165) is 12.3 Å². The van der Waals surface area contributed by atoms with E-state index in [-0.39, 0.29) is 0 Å². The van der Waals surface area contributed by atoms with Crippen LogP contribution in [0.4, 0.5) is 0 Å². The molecule has 4 rings (SSSR count).